The summed E-state index contributed by atoms with van der Waals surface area (Å²) in [6.07, 6.45) is 0. The summed E-state index contributed by atoms with van der Waals surface area (Å²) in [4.78, 5) is 0.231. The SMILES string of the molecule is CCNCc1cc(S(=O)(=O)NCCOC)ccc1OCC. The second-order valence-corrected chi connectivity index (χ2v) is 6.14. The number of hydrogen-bond acceptors (Lipinski definition) is 5. The van der Waals surface area contributed by atoms with Gasteiger partial charge in [-0.2, -0.15) is 0 Å². The lowest BCUT2D eigenvalue weighted by Crippen LogP contribution is -2.27. The molecule has 0 radical (unpaired) electrons. The molecule has 6 nitrogen and oxygen atoms in total. The minimum atomic E-state index is -3.53. The molecular weight excluding hydrogens is 292 g/mol. The first-order chi connectivity index (χ1) is 10.0. The van der Waals surface area contributed by atoms with E-state index < -0.39 is 10.0 Å². The second-order valence-electron chi connectivity index (χ2n) is 4.37. The van der Waals surface area contributed by atoms with E-state index in [0.717, 1.165) is 12.1 Å². The van der Waals surface area contributed by atoms with Crippen molar-refractivity contribution in [3.63, 3.8) is 0 Å². The smallest absolute Gasteiger partial charge is 0.240 e. The fraction of sp³-hybridized carbons (Fsp3) is 0.571. The molecule has 1 aromatic rings. The molecule has 0 fully saturated rings. The average Bonchev–Trinajstić information content (AvgIpc) is 2.46. The molecule has 0 bridgehead atoms. The van der Waals surface area contributed by atoms with Gasteiger partial charge in [-0.05, 0) is 31.7 Å². The highest BCUT2D eigenvalue weighted by molar-refractivity contribution is 7.89. The van der Waals surface area contributed by atoms with Crippen LogP contribution in [0.25, 0.3) is 0 Å². The molecule has 0 aromatic heterocycles. The average molecular weight is 316 g/mol. The van der Waals surface area contributed by atoms with Crippen molar-refractivity contribution in [1.82, 2.24) is 10.0 Å². The van der Waals surface area contributed by atoms with Gasteiger partial charge in [0.05, 0.1) is 18.1 Å². The van der Waals surface area contributed by atoms with Gasteiger partial charge in [-0.3, -0.25) is 0 Å². The lowest BCUT2D eigenvalue weighted by atomic mass is 10.2. The van der Waals surface area contributed by atoms with Gasteiger partial charge in [0.15, 0.2) is 0 Å². The van der Waals surface area contributed by atoms with Gasteiger partial charge in [0.1, 0.15) is 5.75 Å². The van der Waals surface area contributed by atoms with E-state index in [1.54, 1.807) is 18.2 Å². The molecule has 0 saturated heterocycles. The van der Waals surface area contributed by atoms with Gasteiger partial charge in [0.2, 0.25) is 10.0 Å². The third-order valence-electron chi connectivity index (χ3n) is 2.81. The maximum atomic E-state index is 12.2. The third kappa shape index (κ3) is 5.62. The molecule has 2 N–H and O–H groups in total. The molecule has 0 atom stereocenters. The van der Waals surface area contributed by atoms with E-state index in [1.807, 2.05) is 13.8 Å². The first-order valence-corrected chi connectivity index (χ1v) is 8.48. The Morgan fingerprint density at radius 3 is 2.62 bits per heavy atom. The van der Waals surface area contributed by atoms with Crippen LogP contribution in [0.3, 0.4) is 0 Å². The van der Waals surface area contributed by atoms with Crippen molar-refractivity contribution in [2.75, 3.05) is 33.4 Å². The number of benzene rings is 1. The zero-order valence-electron chi connectivity index (χ0n) is 12.8. The summed E-state index contributed by atoms with van der Waals surface area (Å²) in [5.41, 5.74) is 0.827. The first-order valence-electron chi connectivity index (χ1n) is 7.00. The van der Waals surface area contributed by atoms with Gasteiger partial charge in [-0.1, -0.05) is 6.92 Å². The topological polar surface area (TPSA) is 76.7 Å². The first kappa shape index (κ1) is 17.9. The molecule has 0 amide bonds. The minimum Gasteiger partial charge on any atom is -0.494 e. The molecule has 0 saturated carbocycles. The Hall–Kier alpha value is -1.15. The summed E-state index contributed by atoms with van der Waals surface area (Å²) in [6.45, 7) is 6.37. The molecule has 1 rings (SSSR count). The fourth-order valence-corrected chi connectivity index (χ4v) is 2.84. The molecule has 0 aliphatic rings. The van der Waals surface area contributed by atoms with Gasteiger partial charge >= 0.3 is 0 Å². The standard InChI is InChI=1S/C14H24N2O4S/c1-4-15-11-12-10-13(6-7-14(12)20-5-2)21(17,18)16-8-9-19-3/h6-7,10,15-16H,4-5,8-9,11H2,1-3H3. The highest BCUT2D eigenvalue weighted by atomic mass is 32.2. The Morgan fingerprint density at radius 2 is 2.00 bits per heavy atom. The summed E-state index contributed by atoms with van der Waals surface area (Å²) in [5.74, 6) is 0.703. The third-order valence-corrected chi connectivity index (χ3v) is 4.26. The largest absolute Gasteiger partial charge is 0.494 e. The lowest BCUT2D eigenvalue weighted by Gasteiger charge is -2.13. The highest BCUT2D eigenvalue weighted by Gasteiger charge is 2.16. The van der Waals surface area contributed by atoms with Crippen molar-refractivity contribution in [1.29, 1.82) is 0 Å². The molecule has 0 heterocycles. The molecule has 0 spiro atoms. The van der Waals surface area contributed by atoms with Crippen LogP contribution in [0.4, 0.5) is 0 Å². The Balaban J connectivity index is 2.97. The minimum absolute atomic E-state index is 0.231. The van der Waals surface area contributed by atoms with Crippen LogP contribution in [0.1, 0.15) is 19.4 Å². The number of nitrogens with one attached hydrogen (secondary N) is 2. The quantitative estimate of drug-likeness (QED) is 0.633. The van der Waals surface area contributed by atoms with Crippen LogP contribution in [-0.2, 0) is 21.3 Å². The molecule has 21 heavy (non-hydrogen) atoms. The van der Waals surface area contributed by atoms with E-state index in [4.69, 9.17) is 9.47 Å². The van der Waals surface area contributed by atoms with Crippen LogP contribution in [0.2, 0.25) is 0 Å². The van der Waals surface area contributed by atoms with Gasteiger partial charge < -0.3 is 14.8 Å². The summed E-state index contributed by atoms with van der Waals surface area (Å²) in [6, 6.07) is 4.89. The molecule has 1 aromatic carbocycles. The van der Waals surface area contributed by atoms with E-state index in [9.17, 15) is 8.42 Å². The number of methoxy groups -OCH3 is 1. The van der Waals surface area contributed by atoms with Gasteiger partial charge in [-0.25, -0.2) is 13.1 Å². The molecule has 0 aliphatic heterocycles. The van der Waals surface area contributed by atoms with Crippen molar-refractivity contribution in [2.45, 2.75) is 25.3 Å². The van der Waals surface area contributed by atoms with Crippen molar-refractivity contribution >= 4 is 10.0 Å². The number of hydrogen-bond donors (Lipinski definition) is 2. The fourth-order valence-electron chi connectivity index (χ4n) is 1.78. The second kappa shape index (κ2) is 8.99. The van der Waals surface area contributed by atoms with E-state index >= 15 is 0 Å². The van der Waals surface area contributed by atoms with Gasteiger partial charge in [0, 0.05) is 25.8 Å². The summed E-state index contributed by atoms with van der Waals surface area (Å²) < 4.78 is 37.2. The normalized spacial score (nSPS) is 11.6. The predicted octanol–water partition coefficient (Wildman–Crippen LogP) is 1.12. The zero-order valence-corrected chi connectivity index (χ0v) is 13.6. The van der Waals surface area contributed by atoms with Gasteiger partial charge in [0.25, 0.3) is 0 Å². The molecular formula is C14H24N2O4S. The van der Waals surface area contributed by atoms with E-state index in [-0.39, 0.29) is 11.4 Å². The molecule has 0 aliphatic carbocycles. The maximum absolute atomic E-state index is 12.2. The van der Waals surface area contributed by atoms with Gasteiger partial charge in [-0.15, -0.1) is 0 Å². The Bertz CT molecular complexity index is 532. The molecule has 7 heteroatoms. The summed E-state index contributed by atoms with van der Waals surface area (Å²) >= 11 is 0. The van der Waals surface area contributed by atoms with E-state index in [2.05, 4.69) is 10.0 Å². The molecule has 120 valence electrons. The Kier molecular flexibility index (Phi) is 7.66. The van der Waals surface area contributed by atoms with Crippen LogP contribution < -0.4 is 14.8 Å². The number of sulfonamides is 1. The van der Waals surface area contributed by atoms with Crippen molar-refractivity contribution < 1.29 is 17.9 Å². The van der Waals surface area contributed by atoms with E-state index in [0.29, 0.717) is 25.5 Å². The van der Waals surface area contributed by atoms with E-state index in [1.165, 1.54) is 7.11 Å². The van der Waals surface area contributed by atoms with Crippen LogP contribution in [0, 0.1) is 0 Å². The predicted molar refractivity (Wildman–Crippen MR) is 82.1 cm³/mol. The van der Waals surface area contributed by atoms with Crippen molar-refractivity contribution in [2.24, 2.45) is 0 Å². The lowest BCUT2D eigenvalue weighted by molar-refractivity contribution is 0.204. The Labute approximate surface area is 126 Å². The van der Waals surface area contributed by atoms with Crippen LogP contribution in [0.5, 0.6) is 5.75 Å². The maximum Gasteiger partial charge on any atom is 0.240 e. The van der Waals surface area contributed by atoms with Crippen LogP contribution in [-0.4, -0.2) is 41.8 Å². The zero-order chi connectivity index (χ0) is 15.7. The van der Waals surface area contributed by atoms with Crippen molar-refractivity contribution in [3.8, 4) is 5.75 Å². The number of ether oxygens (including phenoxy) is 2. The number of rotatable bonds is 10. The molecule has 0 unspecified atom stereocenters. The summed E-state index contributed by atoms with van der Waals surface area (Å²) in [7, 11) is -2.00. The van der Waals surface area contributed by atoms with Crippen molar-refractivity contribution in [3.05, 3.63) is 23.8 Å². The van der Waals surface area contributed by atoms with Crippen LogP contribution in [0.15, 0.2) is 23.1 Å². The Morgan fingerprint density at radius 1 is 1.24 bits per heavy atom. The van der Waals surface area contributed by atoms with Crippen LogP contribution >= 0.6 is 0 Å². The highest BCUT2D eigenvalue weighted by Crippen LogP contribution is 2.22. The summed E-state index contributed by atoms with van der Waals surface area (Å²) in [5, 5.41) is 3.18. The monoisotopic (exact) mass is 316 g/mol.